The third-order valence-corrected chi connectivity index (χ3v) is 7.66. The smallest absolute Gasteiger partial charge is 0.409 e. The zero-order valence-electron chi connectivity index (χ0n) is 19.7. The third-order valence-electron chi connectivity index (χ3n) is 7.66. The van der Waals surface area contributed by atoms with Crippen molar-refractivity contribution in [2.75, 3.05) is 19.7 Å². The lowest BCUT2D eigenvalue weighted by atomic mass is 9.59. The van der Waals surface area contributed by atoms with Gasteiger partial charge in [0.25, 0.3) is 0 Å². The van der Waals surface area contributed by atoms with Gasteiger partial charge in [0.05, 0.1) is 23.9 Å². The first-order valence-corrected chi connectivity index (χ1v) is 12.2. The Kier molecular flexibility index (Phi) is 6.35. The maximum Gasteiger partial charge on any atom is 0.409 e. The molecule has 0 N–H and O–H groups in total. The number of likely N-dealkylation sites (tertiary alicyclic amines) is 1. The van der Waals surface area contributed by atoms with Gasteiger partial charge in [-0.05, 0) is 74.8 Å². The summed E-state index contributed by atoms with van der Waals surface area (Å²) >= 11 is 0. The first-order valence-electron chi connectivity index (χ1n) is 12.2. The molecular weight excluding hydrogens is 430 g/mol. The minimum absolute atomic E-state index is 0.0968. The van der Waals surface area contributed by atoms with Gasteiger partial charge in [-0.25, -0.2) is 4.79 Å². The molecule has 34 heavy (non-hydrogen) atoms. The number of allylic oxidation sites excluding steroid dienone is 1. The van der Waals surface area contributed by atoms with Crippen LogP contribution in [0.4, 0.5) is 4.79 Å². The highest BCUT2D eigenvalue weighted by Crippen LogP contribution is 2.51. The van der Waals surface area contributed by atoms with Crippen molar-refractivity contribution >= 4 is 18.1 Å². The Balaban J connectivity index is 1.37. The molecule has 1 amide bonds. The van der Waals surface area contributed by atoms with Crippen molar-refractivity contribution in [1.82, 2.24) is 14.9 Å². The van der Waals surface area contributed by atoms with E-state index in [2.05, 4.69) is 22.1 Å². The molecule has 5 rings (SSSR count). The van der Waals surface area contributed by atoms with Gasteiger partial charge in [-0.15, -0.1) is 0 Å². The summed E-state index contributed by atoms with van der Waals surface area (Å²) < 4.78 is 10.9. The highest BCUT2D eigenvalue weighted by atomic mass is 16.6. The van der Waals surface area contributed by atoms with E-state index >= 15 is 0 Å². The monoisotopic (exact) mass is 461 g/mol. The fraction of sp³-hybridized carbons (Fsp3) is 0.481. The summed E-state index contributed by atoms with van der Waals surface area (Å²) in [6, 6.07) is 9.86. The molecule has 0 spiro atoms. The molecule has 178 valence electrons. The summed E-state index contributed by atoms with van der Waals surface area (Å²) in [5.74, 6) is 0.797. The van der Waals surface area contributed by atoms with Crippen molar-refractivity contribution in [3.63, 3.8) is 0 Å². The molecule has 3 fully saturated rings. The summed E-state index contributed by atoms with van der Waals surface area (Å²) in [5.41, 5.74) is 2.75. The molecule has 6 unspecified atom stereocenters. The van der Waals surface area contributed by atoms with Gasteiger partial charge < -0.3 is 14.4 Å². The zero-order chi connectivity index (χ0) is 23.7. The van der Waals surface area contributed by atoms with Crippen molar-refractivity contribution in [3.8, 4) is 11.3 Å². The second-order valence-electron chi connectivity index (χ2n) is 9.54. The Morgan fingerprint density at radius 2 is 2.15 bits per heavy atom. The summed E-state index contributed by atoms with van der Waals surface area (Å²) in [4.78, 5) is 35.8. The van der Waals surface area contributed by atoms with Crippen molar-refractivity contribution < 1.29 is 19.1 Å². The van der Waals surface area contributed by atoms with Crippen molar-refractivity contribution in [3.05, 3.63) is 54.5 Å². The fourth-order valence-corrected chi connectivity index (χ4v) is 6.14. The van der Waals surface area contributed by atoms with E-state index in [4.69, 9.17) is 9.47 Å². The van der Waals surface area contributed by atoms with Crippen LogP contribution in [-0.4, -0.2) is 52.7 Å². The number of nitrogens with zero attached hydrogens (tertiary/aromatic N) is 3. The van der Waals surface area contributed by atoms with E-state index in [1.54, 1.807) is 11.1 Å². The molecule has 2 aliphatic heterocycles. The predicted molar refractivity (Wildman–Crippen MR) is 127 cm³/mol. The van der Waals surface area contributed by atoms with Gasteiger partial charge in [0.1, 0.15) is 6.10 Å². The molecule has 1 aliphatic carbocycles. The minimum Gasteiger partial charge on any atom is -0.462 e. The van der Waals surface area contributed by atoms with Crippen molar-refractivity contribution in [1.29, 1.82) is 0 Å². The Morgan fingerprint density at radius 3 is 2.88 bits per heavy atom. The summed E-state index contributed by atoms with van der Waals surface area (Å²) in [6.45, 7) is 5.52. The molecule has 0 aromatic carbocycles. The molecule has 0 bridgehead atoms. The number of rotatable bonds is 4. The molecular formula is C27H31N3O4. The van der Waals surface area contributed by atoms with Crippen molar-refractivity contribution in [2.45, 2.75) is 32.8 Å². The Morgan fingerprint density at radius 1 is 1.26 bits per heavy atom. The lowest BCUT2D eigenvalue weighted by molar-refractivity contribution is -0.144. The van der Waals surface area contributed by atoms with Gasteiger partial charge >= 0.3 is 12.1 Å². The number of fused-ring (bicyclic) bond motifs is 2. The number of aromatic nitrogens is 2. The SMILES string of the molecule is CCOC(=O)N1CCC2C(CC3C(=O)OC(C)C3C2/C=C/c2ccc(-c3ccccn3)cn2)C1. The molecule has 2 aromatic heterocycles. The third kappa shape index (κ3) is 4.31. The summed E-state index contributed by atoms with van der Waals surface area (Å²) in [7, 11) is 0. The number of carbonyl (C=O) groups is 2. The number of hydrogen-bond acceptors (Lipinski definition) is 6. The average molecular weight is 462 g/mol. The molecule has 4 heterocycles. The van der Waals surface area contributed by atoms with Crippen LogP contribution in [0.15, 0.2) is 48.8 Å². The van der Waals surface area contributed by atoms with Gasteiger partial charge in [-0.3, -0.25) is 14.8 Å². The number of pyridine rings is 2. The van der Waals surface area contributed by atoms with E-state index in [0.29, 0.717) is 25.6 Å². The second kappa shape index (κ2) is 9.57. The average Bonchev–Trinajstić information content (AvgIpc) is 3.15. The van der Waals surface area contributed by atoms with Gasteiger partial charge in [0.15, 0.2) is 0 Å². The normalized spacial score (nSPS) is 30.5. The standard InChI is InChI=1S/C27H31N3O4/c1-3-33-27(32)30-13-11-21-19(16-30)14-23-25(17(2)34-26(23)31)22(21)10-9-20-8-7-18(15-29-20)24-6-4-5-12-28-24/h4-10,12,15,17,19,21-23,25H,3,11,13-14,16H2,1-2H3/b10-9+. The minimum atomic E-state index is -0.255. The Bertz CT molecular complexity index is 1060. The first kappa shape index (κ1) is 22.6. The van der Waals surface area contributed by atoms with Crippen LogP contribution < -0.4 is 0 Å². The van der Waals surface area contributed by atoms with Crippen LogP contribution in [0, 0.1) is 29.6 Å². The second-order valence-corrected chi connectivity index (χ2v) is 9.54. The topological polar surface area (TPSA) is 81.6 Å². The lowest BCUT2D eigenvalue weighted by Crippen LogP contribution is -2.51. The zero-order valence-corrected chi connectivity index (χ0v) is 19.7. The van der Waals surface area contributed by atoms with Crippen LogP contribution in [0.3, 0.4) is 0 Å². The number of carbonyl (C=O) groups excluding carboxylic acids is 2. The Labute approximate surface area is 200 Å². The molecule has 3 aliphatic rings. The van der Waals surface area contributed by atoms with Crippen LogP contribution >= 0.6 is 0 Å². The molecule has 2 aromatic rings. The van der Waals surface area contributed by atoms with E-state index in [1.807, 2.05) is 50.4 Å². The van der Waals surface area contributed by atoms with E-state index in [0.717, 1.165) is 29.8 Å². The van der Waals surface area contributed by atoms with E-state index in [-0.39, 0.29) is 41.8 Å². The Hall–Kier alpha value is -3.22. The van der Waals surface area contributed by atoms with Crippen molar-refractivity contribution in [2.24, 2.45) is 29.6 Å². The van der Waals surface area contributed by atoms with E-state index < -0.39 is 0 Å². The highest BCUT2D eigenvalue weighted by molar-refractivity contribution is 5.76. The van der Waals surface area contributed by atoms with Gasteiger partial charge in [0.2, 0.25) is 0 Å². The van der Waals surface area contributed by atoms with Crippen LogP contribution in [0.1, 0.15) is 32.4 Å². The van der Waals surface area contributed by atoms with E-state index in [1.165, 1.54) is 0 Å². The largest absolute Gasteiger partial charge is 0.462 e. The predicted octanol–water partition coefficient (Wildman–Crippen LogP) is 4.45. The summed E-state index contributed by atoms with van der Waals surface area (Å²) in [5, 5.41) is 0. The lowest BCUT2D eigenvalue weighted by Gasteiger charge is -2.48. The fourth-order valence-electron chi connectivity index (χ4n) is 6.14. The number of cyclic esters (lactones) is 1. The van der Waals surface area contributed by atoms with Crippen LogP contribution in [0.25, 0.3) is 17.3 Å². The molecule has 2 saturated heterocycles. The number of hydrogen-bond donors (Lipinski definition) is 0. The number of ether oxygens (including phenoxy) is 2. The molecule has 7 heteroatoms. The van der Waals surface area contributed by atoms with Crippen LogP contribution in [0.5, 0.6) is 0 Å². The quantitative estimate of drug-likeness (QED) is 0.626. The first-order chi connectivity index (χ1) is 16.5. The van der Waals surface area contributed by atoms with Crippen LogP contribution in [-0.2, 0) is 14.3 Å². The summed E-state index contributed by atoms with van der Waals surface area (Å²) in [6.07, 6.45) is 9.24. The number of amides is 1. The molecule has 6 atom stereocenters. The number of piperidine rings is 1. The highest BCUT2D eigenvalue weighted by Gasteiger charge is 2.54. The van der Waals surface area contributed by atoms with Gasteiger partial charge in [-0.1, -0.05) is 12.1 Å². The molecule has 1 saturated carbocycles. The maximum absolute atomic E-state index is 12.6. The van der Waals surface area contributed by atoms with Gasteiger partial charge in [-0.2, -0.15) is 0 Å². The van der Waals surface area contributed by atoms with Crippen LogP contribution in [0.2, 0.25) is 0 Å². The molecule has 0 radical (unpaired) electrons. The maximum atomic E-state index is 12.6. The number of esters is 1. The van der Waals surface area contributed by atoms with E-state index in [9.17, 15) is 9.59 Å². The van der Waals surface area contributed by atoms with Gasteiger partial charge in [0, 0.05) is 37.0 Å². The molecule has 7 nitrogen and oxygen atoms in total.